The first-order chi connectivity index (χ1) is 12.7. The van der Waals surface area contributed by atoms with Gasteiger partial charge in [0.25, 0.3) is 0 Å². The first-order valence-electron chi connectivity index (χ1n) is 9.05. The van der Waals surface area contributed by atoms with Gasteiger partial charge in [-0.1, -0.05) is 50.2 Å². The molecule has 3 aromatic carbocycles. The molecule has 3 aromatic rings. The highest BCUT2D eigenvalue weighted by Gasteiger charge is 2.37. The molecule has 0 heterocycles. The Balaban J connectivity index is 2.37. The first-order valence-corrected chi connectivity index (χ1v) is 9.05. The fraction of sp³-hybridized carbons (Fsp3) is 0.174. The number of benzene rings is 3. The van der Waals surface area contributed by atoms with Crippen LogP contribution in [0.1, 0.15) is 25.0 Å². The number of amides is 1. The summed E-state index contributed by atoms with van der Waals surface area (Å²) in [5.74, 6) is 0. The predicted octanol–water partition coefficient (Wildman–Crippen LogP) is 5.52. The molecule has 0 spiro atoms. The van der Waals surface area contributed by atoms with Crippen LogP contribution in [-0.2, 0) is 17.6 Å². The number of quaternary nitrogens is 1. The molecule has 0 saturated carbocycles. The molecule has 0 aliphatic carbocycles. The number of nitrogen functional groups attached to an aromatic ring is 1. The van der Waals surface area contributed by atoms with Crippen molar-refractivity contribution < 1.29 is 4.79 Å². The molecule has 132 valence electrons. The highest BCUT2D eigenvalue weighted by atomic mass is 16.1. The molecular formula is C23H25N2O+. The molecule has 3 nitrogen and oxygen atoms in total. The van der Waals surface area contributed by atoms with Crippen molar-refractivity contribution in [3.63, 3.8) is 0 Å². The summed E-state index contributed by atoms with van der Waals surface area (Å²) < 4.78 is 0.0158. The molecule has 1 amide bonds. The van der Waals surface area contributed by atoms with E-state index in [0.717, 1.165) is 53.1 Å². The van der Waals surface area contributed by atoms with E-state index in [0.29, 0.717) is 0 Å². The third-order valence-corrected chi connectivity index (χ3v) is 4.99. The molecule has 26 heavy (non-hydrogen) atoms. The van der Waals surface area contributed by atoms with E-state index in [9.17, 15) is 4.79 Å². The summed E-state index contributed by atoms with van der Waals surface area (Å²) in [7, 11) is 0. The smallest absolute Gasteiger partial charge is 0.316 e. The lowest BCUT2D eigenvalue weighted by molar-refractivity contribution is -0.113. The second-order valence-corrected chi connectivity index (χ2v) is 6.38. The van der Waals surface area contributed by atoms with Gasteiger partial charge in [0, 0.05) is 42.1 Å². The van der Waals surface area contributed by atoms with Gasteiger partial charge < -0.3 is 5.73 Å². The van der Waals surface area contributed by atoms with E-state index >= 15 is 0 Å². The second-order valence-electron chi connectivity index (χ2n) is 6.38. The molecule has 3 heteroatoms. The van der Waals surface area contributed by atoms with E-state index in [-0.39, 0.29) is 4.48 Å². The van der Waals surface area contributed by atoms with Crippen molar-refractivity contribution in [1.29, 1.82) is 0 Å². The zero-order valence-electron chi connectivity index (χ0n) is 15.4. The predicted molar refractivity (Wildman–Crippen MR) is 110 cm³/mol. The van der Waals surface area contributed by atoms with Gasteiger partial charge in [-0.3, -0.25) is 0 Å². The van der Waals surface area contributed by atoms with E-state index in [1.807, 2.05) is 60.7 Å². The van der Waals surface area contributed by atoms with Gasteiger partial charge in [0.1, 0.15) is 11.4 Å². The SMILES string of the molecule is CCc1cc([N+](C=O)(c2ccccc2)c2ccccc2)cc(CC)c1N. The van der Waals surface area contributed by atoms with Crippen molar-refractivity contribution >= 4 is 29.2 Å². The van der Waals surface area contributed by atoms with Crippen molar-refractivity contribution in [1.82, 2.24) is 4.48 Å². The van der Waals surface area contributed by atoms with Crippen LogP contribution in [0.3, 0.4) is 0 Å². The fourth-order valence-corrected chi connectivity index (χ4v) is 3.51. The lowest BCUT2D eigenvalue weighted by atomic mass is 9.99. The quantitative estimate of drug-likeness (QED) is 0.363. The Morgan fingerprint density at radius 3 is 1.54 bits per heavy atom. The van der Waals surface area contributed by atoms with E-state index in [4.69, 9.17) is 5.73 Å². The van der Waals surface area contributed by atoms with Gasteiger partial charge >= 0.3 is 6.41 Å². The molecule has 0 bridgehead atoms. The summed E-state index contributed by atoms with van der Waals surface area (Å²) in [5, 5.41) is 0. The molecule has 0 aliphatic rings. The third-order valence-electron chi connectivity index (χ3n) is 4.99. The number of carbonyl (C=O) groups is 1. The fourth-order valence-electron chi connectivity index (χ4n) is 3.51. The molecule has 0 fully saturated rings. The van der Waals surface area contributed by atoms with Crippen LogP contribution in [-0.4, -0.2) is 6.41 Å². The van der Waals surface area contributed by atoms with Gasteiger partial charge in [-0.15, -0.1) is 0 Å². The standard InChI is InChI=1S/C23H25N2O/c1-3-18-15-22(16-19(4-2)23(18)24)25(17-26,20-11-7-5-8-12-20)21-13-9-6-10-14-21/h5-17H,3-4,24H2,1-2H3/q+1. The Hall–Kier alpha value is -2.91. The van der Waals surface area contributed by atoms with Crippen molar-refractivity contribution in [3.8, 4) is 0 Å². The molecule has 0 saturated heterocycles. The lowest BCUT2D eigenvalue weighted by Crippen LogP contribution is -2.37. The number of aryl methyl sites for hydroxylation is 2. The Labute approximate surface area is 155 Å². The molecule has 0 radical (unpaired) electrons. The Morgan fingerprint density at radius 1 is 0.769 bits per heavy atom. The van der Waals surface area contributed by atoms with Gasteiger partial charge in [-0.05, 0) is 24.0 Å². The van der Waals surface area contributed by atoms with E-state index < -0.39 is 0 Å². The van der Waals surface area contributed by atoms with E-state index in [1.54, 1.807) is 0 Å². The van der Waals surface area contributed by atoms with Crippen molar-refractivity contribution in [3.05, 3.63) is 83.9 Å². The van der Waals surface area contributed by atoms with Gasteiger partial charge in [-0.2, -0.15) is 4.48 Å². The maximum absolute atomic E-state index is 12.7. The molecule has 2 N–H and O–H groups in total. The van der Waals surface area contributed by atoms with Gasteiger partial charge in [0.05, 0.1) is 0 Å². The summed E-state index contributed by atoms with van der Waals surface area (Å²) in [6.07, 6.45) is 2.67. The summed E-state index contributed by atoms with van der Waals surface area (Å²) >= 11 is 0. The Bertz CT molecular complexity index is 824. The largest absolute Gasteiger partial charge is 0.398 e. The lowest BCUT2D eigenvalue weighted by Gasteiger charge is -2.31. The van der Waals surface area contributed by atoms with Crippen LogP contribution in [0.15, 0.2) is 72.8 Å². The van der Waals surface area contributed by atoms with E-state index in [2.05, 4.69) is 26.0 Å². The average molecular weight is 345 g/mol. The van der Waals surface area contributed by atoms with Crippen LogP contribution < -0.4 is 10.2 Å². The monoisotopic (exact) mass is 345 g/mol. The molecule has 0 atom stereocenters. The number of anilines is 1. The van der Waals surface area contributed by atoms with Crippen molar-refractivity contribution in [2.24, 2.45) is 0 Å². The Kier molecular flexibility index (Phi) is 5.19. The van der Waals surface area contributed by atoms with Crippen molar-refractivity contribution in [2.75, 3.05) is 5.73 Å². The normalized spacial score (nSPS) is 11.3. The average Bonchev–Trinajstić information content (AvgIpc) is 2.71. The number of carbonyl (C=O) groups excluding carboxylic acids is 1. The molecule has 0 unspecified atom stereocenters. The summed E-state index contributed by atoms with van der Waals surface area (Å²) in [6, 6.07) is 23.9. The maximum atomic E-state index is 12.7. The number of nitrogens with zero attached hydrogens (tertiary/aromatic N) is 1. The topological polar surface area (TPSA) is 43.1 Å². The number of para-hydroxylation sites is 2. The second kappa shape index (κ2) is 7.54. The minimum Gasteiger partial charge on any atom is -0.398 e. The van der Waals surface area contributed by atoms with Crippen LogP contribution in [0.25, 0.3) is 0 Å². The molecule has 0 aromatic heterocycles. The maximum Gasteiger partial charge on any atom is 0.316 e. The third kappa shape index (κ3) is 2.91. The number of nitrogens with two attached hydrogens (primary N) is 1. The van der Waals surface area contributed by atoms with Crippen LogP contribution >= 0.6 is 0 Å². The van der Waals surface area contributed by atoms with E-state index in [1.165, 1.54) is 0 Å². The molecular weight excluding hydrogens is 320 g/mol. The summed E-state index contributed by atoms with van der Waals surface area (Å²) in [6.45, 7) is 4.19. The molecule has 3 rings (SSSR count). The number of hydrogen-bond acceptors (Lipinski definition) is 2. The summed E-state index contributed by atoms with van der Waals surface area (Å²) in [5.41, 5.74) is 12.1. The zero-order chi connectivity index (χ0) is 18.6. The first kappa shape index (κ1) is 17.9. The van der Waals surface area contributed by atoms with Crippen LogP contribution in [0.2, 0.25) is 0 Å². The van der Waals surface area contributed by atoms with Crippen molar-refractivity contribution in [2.45, 2.75) is 26.7 Å². The highest BCUT2D eigenvalue weighted by Crippen LogP contribution is 2.43. The minimum atomic E-state index is 0.0158. The number of hydrogen-bond donors (Lipinski definition) is 1. The van der Waals surface area contributed by atoms with Gasteiger partial charge in [-0.25, -0.2) is 4.79 Å². The van der Waals surface area contributed by atoms with Crippen LogP contribution in [0, 0.1) is 0 Å². The summed E-state index contributed by atoms with van der Waals surface area (Å²) in [4.78, 5) is 12.7. The zero-order valence-corrected chi connectivity index (χ0v) is 15.4. The minimum absolute atomic E-state index is 0.0158. The number of rotatable bonds is 6. The molecule has 0 aliphatic heterocycles. The van der Waals surface area contributed by atoms with Crippen LogP contribution in [0.5, 0.6) is 0 Å². The highest BCUT2D eigenvalue weighted by molar-refractivity contribution is 5.90. The van der Waals surface area contributed by atoms with Gasteiger partial charge in [0.2, 0.25) is 0 Å². The van der Waals surface area contributed by atoms with Crippen LogP contribution in [0.4, 0.5) is 22.7 Å². The van der Waals surface area contributed by atoms with Gasteiger partial charge in [0.15, 0.2) is 5.69 Å². The Morgan fingerprint density at radius 2 is 1.19 bits per heavy atom.